The minimum absolute atomic E-state index is 0.184. The molecule has 0 radical (unpaired) electrons. The zero-order valence-electron chi connectivity index (χ0n) is 18.3. The lowest BCUT2D eigenvalue weighted by atomic mass is 9.58. The molecule has 2 aliphatic rings. The van der Waals surface area contributed by atoms with Crippen molar-refractivity contribution in [1.82, 2.24) is 19.5 Å². The molecule has 0 amide bonds. The van der Waals surface area contributed by atoms with Crippen molar-refractivity contribution >= 4 is 43.7 Å². The van der Waals surface area contributed by atoms with Crippen molar-refractivity contribution in [2.75, 3.05) is 5.73 Å². The van der Waals surface area contributed by atoms with Crippen LogP contribution >= 0.6 is 15.9 Å². The number of nitrogens with two attached hydrogens (primary N) is 1. The van der Waals surface area contributed by atoms with E-state index >= 15 is 0 Å². The van der Waals surface area contributed by atoms with Gasteiger partial charge in [-0.25, -0.2) is 15.0 Å². The molecule has 7 nitrogen and oxygen atoms in total. The molecule has 2 aliphatic carbocycles. The highest BCUT2D eigenvalue weighted by Crippen LogP contribution is 2.64. The third kappa shape index (κ3) is 3.04. The fourth-order valence-electron chi connectivity index (χ4n) is 6.21. The average molecular weight is 508 g/mol. The molecule has 2 fully saturated rings. The molecule has 4 N–H and O–H groups in total. The number of nitrogens with zero attached hydrogens (tertiary/aromatic N) is 4. The highest BCUT2D eigenvalue weighted by molar-refractivity contribution is 9.10. The molecule has 2 saturated carbocycles. The summed E-state index contributed by atoms with van der Waals surface area (Å²) in [7, 11) is 0. The van der Waals surface area contributed by atoms with Crippen molar-refractivity contribution in [3.63, 3.8) is 0 Å². The average Bonchev–Trinajstić information content (AvgIpc) is 3.27. The van der Waals surface area contributed by atoms with Gasteiger partial charge in [0.2, 0.25) is 0 Å². The summed E-state index contributed by atoms with van der Waals surface area (Å²) in [5.41, 5.74) is 9.46. The number of nitrogen functional groups attached to an aromatic ring is 1. The van der Waals surface area contributed by atoms with Gasteiger partial charge < -0.3 is 20.5 Å². The van der Waals surface area contributed by atoms with Crippen molar-refractivity contribution in [3.05, 3.63) is 58.6 Å². The van der Waals surface area contributed by atoms with Crippen LogP contribution in [0.3, 0.4) is 0 Å². The SMILES string of the molecule is Cc1ncnc2c1ccn2[C@H]1[C@H](O)[C@H](O)[C@]2(CCc3ccc4cc(Br)c(N)nc4c3)CC[C@H]12. The lowest BCUT2D eigenvalue weighted by Gasteiger charge is -2.48. The minimum atomic E-state index is -0.821. The monoisotopic (exact) mass is 507 g/mol. The number of halogens is 1. The Morgan fingerprint density at radius 3 is 2.85 bits per heavy atom. The Morgan fingerprint density at radius 1 is 1.21 bits per heavy atom. The van der Waals surface area contributed by atoms with E-state index < -0.39 is 12.2 Å². The molecule has 0 bridgehead atoms. The largest absolute Gasteiger partial charge is 0.390 e. The fourth-order valence-corrected chi connectivity index (χ4v) is 6.55. The molecule has 0 saturated heterocycles. The maximum absolute atomic E-state index is 11.2. The van der Waals surface area contributed by atoms with E-state index in [0.717, 1.165) is 63.3 Å². The molecule has 0 spiro atoms. The number of hydrogen-bond acceptors (Lipinski definition) is 6. The van der Waals surface area contributed by atoms with E-state index in [0.29, 0.717) is 5.82 Å². The topological polar surface area (TPSA) is 110 Å². The second kappa shape index (κ2) is 7.48. The number of benzene rings is 1. The second-order valence-electron chi connectivity index (χ2n) is 9.61. The number of aliphatic hydroxyl groups is 2. The molecule has 0 aliphatic heterocycles. The van der Waals surface area contributed by atoms with Gasteiger partial charge >= 0.3 is 0 Å². The Balaban J connectivity index is 1.29. The zero-order chi connectivity index (χ0) is 22.9. The summed E-state index contributed by atoms with van der Waals surface area (Å²) in [6.45, 7) is 1.96. The van der Waals surface area contributed by atoms with Crippen LogP contribution in [-0.4, -0.2) is 41.9 Å². The lowest BCUT2D eigenvalue weighted by molar-refractivity contribution is -0.0742. The van der Waals surface area contributed by atoms with Gasteiger partial charge in [0.25, 0.3) is 0 Å². The summed E-state index contributed by atoms with van der Waals surface area (Å²) in [6, 6.07) is 10.1. The quantitative estimate of drug-likeness (QED) is 0.385. The van der Waals surface area contributed by atoms with Crippen molar-refractivity contribution in [1.29, 1.82) is 0 Å². The fraction of sp³-hybridized carbons (Fsp3) is 0.400. The lowest BCUT2D eigenvalue weighted by Crippen LogP contribution is -2.46. The Morgan fingerprint density at radius 2 is 2.06 bits per heavy atom. The summed E-state index contributed by atoms with van der Waals surface area (Å²) in [6.07, 6.45) is 5.52. The van der Waals surface area contributed by atoms with Gasteiger partial charge in [-0.15, -0.1) is 0 Å². The summed E-state index contributed by atoms with van der Waals surface area (Å²) in [5, 5.41) is 24.4. The van der Waals surface area contributed by atoms with E-state index in [-0.39, 0.29) is 17.4 Å². The summed E-state index contributed by atoms with van der Waals surface area (Å²) < 4.78 is 2.86. The van der Waals surface area contributed by atoms with Crippen LogP contribution in [-0.2, 0) is 6.42 Å². The van der Waals surface area contributed by atoms with E-state index in [9.17, 15) is 10.2 Å². The van der Waals surface area contributed by atoms with Crippen LogP contribution in [0.4, 0.5) is 5.82 Å². The number of rotatable bonds is 4. The molecule has 4 aromatic rings. The van der Waals surface area contributed by atoms with Crippen LogP contribution in [0.5, 0.6) is 0 Å². The number of anilines is 1. The Bertz CT molecular complexity index is 1390. The predicted octanol–water partition coefficient (Wildman–Crippen LogP) is 3.94. The first-order valence-electron chi connectivity index (χ1n) is 11.4. The number of aryl methyl sites for hydroxylation is 2. The first-order chi connectivity index (χ1) is 15.9. The molecular formula is C25H26BrN5O2. The Kier molecular flexibility index (Phi) is 4.76. The van der Waals surface area contributed by atoms with Crippen molar-refractivity contribution < 1.29 is 10.2 Å². The molecule has 3 aromatic heterocycles. The number of pyridine rings is 1. The van der Waals surface area contributed by atoms with Crippen LogP contribution in [0, 0.1) is 18.3 Å². The molecular weight excluding hydrogens is 482 g/mol. The highest BCUT2D eigenvalue weighted by atomic mass is 79.9. The van der Waals surface area contributed by atoms with Crippen LogP contribution in [0.1, 0.15) is 36.6 Å². The Labute approximate surface area is 199 Å². The third-order valence-corrected chi connectivity index (χ3v) is 8.74. The maximum Gasteiger partial charge on any atom is 0.143 e. The second-order valence-corrected chi connectivity index (χ2v) is 10.5. The van der Waals surface area contributed by atoms with E-state index in [1.165, 1.54) is 0 Å². The smallest absolute Gasteiger partial charge is 0.143 e. The van der Waals surface area contributed by atoms with Gasteiger partial charge in [-0.3, -0.25) is 0 Å². The molecule has 3 heterocycles. The summed E-state index contributed by atoms with van der Waals surface area (Å²) in [5.74, 6) is 0.686. The molecule has 8 heteroatoms. The number of fused-ring (bicyclic) bond motifs is 3. The van der Waals surface area contributed by atoms with Crippen LogP contribution in [0.2, 0.25) is 0 Å². The van der Waals surface area contributed by atoms with Gasteiger partial charge in [0, 0.05) is 22.4 Å². The number of aromatic nitrogens is 4. The van der Waals surface area contributed by atoms with Crippen LogP contribution < -0.4 is 5.73 Å². The molecule has 5 atom stereocenters. The van der Waals surface area contributed by atoms with Crippen LogP contribution in [0.15, 0.2) is 47.3 Å². The van der Waals surface area contributed by atoms with Crippen molar-refractivity contribution in [2.45, 2.75) is 50.9 Å². The molecule has 170 valence electrons. The van der Waals surface area contributed by atoms with Crippen LogP contribution in [0.25, 0.3) is 21.9 Å². The van der Waals surface area contributed by atoms with Crippen molar-refractivity contribution in [2.24, 2.45) is 11.3 Å². The number of aliphatic hydroxyl groups excluding tert-OH is 2. The third-order valence-electron chi connectivity index (χ3n) is 8.11. The van der Waals surface area contributed by atoms with E-state index in [2.05, 4.69) is 53.6 Å². The molecule has 1 aromatic carbocycles. The van der Waals surface area contributed by atoms with Gasteiger partial charge in [-0.1, -0.05) is 12.1 Å². The molecule has 0 unspecified atom stereocenters. The predicted molar refractivity (Wildman–Crippen MR) is 131 cm³/mol. The van der Waals surface area contributed by atoms with Gasteiger partial charge in [0.05, 0.1) is 27.8 Å². The standard InChI is InChI=1S/C25H26BrN5O2/c1-13-16-6-9-31(24(16)29-12-28-13)20-17-5-8-25(17,22(33)21(20)32)7-4-14-2-3-15-11-18(26)23(27)30-19(15)10-14/h2-3,6,9-12,17,20-22,32-33H,4-5,7-8H2,1H3,(H2,27,30)/t17-,20-,21+,22+,25-/m1/s1. The summed E-state index contributed by atoms with van der Waals surface area (Å²) in [4.78, 5) is 13.3. The minimum Gasteiger partial charge on any atom is -0.390 e. The van der Waals surface area contributed by atoms with E-state index in [1.807, 2.05) is 25.3 Å². The molecule has 6 rings (SSSR count). The summed E-state index contributed by atoms with van der Waals surface area (Å²) >= 11 is 3.44. The molecule has 33 heavy (non-hydrogen) atoms. The maximum atomic E-state index is 11.2. The van der Waals surface area contributed by atoms with Gasteiger partial charge in [0.15, 0.2) is 0 Å². The van der Waals surface area contributed by atoms with Gasteiger partial charge in [-0.05, 0) is 78.2 Å². The number of hydrogen-bond donors (Lipinski definition) is 3. The van der Waals surface area contributed by atoms with Gasteiger partial charge in [-0.2, -0.15) is 0 Å². The normalized spacial score (nSPS) is 28.8. The zero-order valence-corrected chi connectivity index (χ0v) is 19.9. The van der Waals surface area contributed by atoms with Gasteiger partial charge in [0.1, 0.15) is 23.9 Å². The van der Waals surface area contributed by atoms with E-state index in [1.54, 1.807) is 6.33 Å². The van der Waals surface area contributed by atoms with Crippen molar-refractivity contribution in [3.8, 4) is 0 Å². The highest BCUT2D eigenvalue weighted by Gasteiger charge is 2.64. The first-order valence-corrected chi connectivity index (χ1v) is 12.2. The van der Waals surface area contributed by atoms with E-state index in [4.69, 9.17) is 5.73 Å². The first kappa shape index (κ1) is 21.0. The Hall–Kier alpha value is -2.55.